The summed E-state index contributed by atoms with van der Waals surface area (Å²) in [4.78, 5) is 19.8. The van der Waals surface area contributed by atoms with Crippen molar-refractivity contribution < 1.29 is 14.3 Å². The average Bonchev–Trinajstić information content (AvgIpc) is 3.38. The van der Waals surface area contributed by atoms with Gasteiger partial charge in [0.2, 0.25) is 0 Å². The van der Waals surface area contributed by atoms with Gasteiger partial charge in [-0.3, -0.25) is 0 Å². The van der Waals surface area contributed by atoms with Crippen LogP contribution in [0.15, 0.2) is 79.1 Å². The lowest BCUT2D eigenvalue weighted by molar-refractivity contribution is 0.0736. The van der Waals surface area contributed by atoms with Gasteiger partial charge < -0.3 is 18.8 Å². The van der Waals surface area contributed by atoms with Crippen LogP contribution in [0.5, 0.6) is 11.5 Å². The molecule has 0 aliphatic rings. The molecule has 194 valence electrons. The number of hydrogen-bond donors (Lipinski definition) is 0. The standard InChI is InChI=1S/C31H37N3O3/c1-3-5-19-33(20-6-4-2)21-11-23-36-27-17-15-25(16-18-27)28-24-34-22-10-14-29(30(34)32-28)37-31(35)26-12-8-7-9-13-26/h7-10,12-18,22,24H,3-6,11,19-21,23H2,1-2H3. The van der Waals surface area contributed by atoms with E-state index in [0.29, 0.717) is 23.6 Å². The fourth-order valence-corrected chi connectivity index (χ4v) is 4.24. The van der Waals surface area contributed by atoms with Gasteiger partial charge in [0.25, 0.3) is 0 Å². The van der Waals surface area contributed by atoms with Gasteiger partial charge in [0.15, 0.2) is 11.4 Å². The van der Waals surface area contributed by atoms with Crippen LogP contribution in [0.3, 0.4) is 0 Å². The first-order valence-corrected chi connectivity index (χ1v) is 13.4. The monoisotopic (exact) mass is 499 g/mol. The van der Waals surface area contributed by atoms with E-state index in [1.165, 1.54) is 38.8 Å². The van der Waals surface area contributed by atoms with Gasteiger partial charge in [0.1, 0.15) is 5.75 Å². The van der Waals surface area contributed by atoms with Crippen molar-refractivity contribution in [3.05, 3.63) is 84.7 Å². The molecule has 0 N–H and O–H groups in total. The highest BCUT2D eigenvalue weighted by Crippen LogP contribution is 2.26. The van der Waals surface area contributed by atoms with Crippen molar-refractivity contribution in [2.45, 2.75) is 46.0 Å². The van der Waals surface area contributed by atoms with Gasteiger partial charge in [-0.1, -0.05) is 44.9 Å². The molecule has 6 nitrogen and oxygen atoms in total. The minimum absolute atomic E-state index is 0.404. The van der Waals surface area contributed by atoms with E-state index in [0.717, 1.165) is 30.0 Å². The van der Waals surface area contributed by atoms with Crippen LogP contribution >= 0.6 is 0 Å². The molecule has 2 aromatic heterocycles. The largest absolute Gasteiger partial charge is 0.494 e. The fourth-order valence-electron chi connectivity index (χ4n) is 4.24. The molecule has 0 unspecified atom stereocenters. The van der Waals surface area contributed by atoms with Crippen LogP contribution in [0.25, 0.3) is 16.9 Å². The lowest BCUT2D eigenvalue weighted by Gasteiger charge is -2.21. The molecular formula is C31H37N3O3. The number of hydrogen-bond acceptors (Lipinski definition) is 5. The number of esters is 1. The average molecular weight is 500 g/mol. The molecule has 6 heteroatoms. The summed E-state index contributed by atoms with van der Waals surface area (Å²) in [6.07, 6.45) is 9.83. The van der Waals surface area contributed by atoms with Gasteiger partial charge in [-0.15, -0.1) is 0 Å². The molecular weight excluding hydrogens is 462 g/mol. The zero-order chi connectivity index (χ0) is 25.9. The summed E-state index contributed by atoms with van der Waals surface area (Å²) < 4.78 is 13.5. The SMILES string of the molecule is CCCCN(CCCC)CCCOc1ccc(-c2cn3cccc(OC(=O)c4ccccc4)c3n2)cc1. The van der Waals surface area contributed by atoms with Gasteiger partial charge in [0, 0.05) is 24.5 Å². The van der Waals surface area contributed by atoms with Crippen LogP contribution in [0.2, 0.25) is 0 Å². The van der Waals surface area contributed by atoms with Crippen LogP contribution in [0.4, 0.5) is 0 Å². The maximum absolute atomic E-state index is 12.5. The lowest BCUT2D eigenvalue weighted by Crippen LogP contribution is -2.28. The van der Waals surface area contributed by atoms with E-state index in [4.69, 9.17) is 14.5 Å². The Labute approximate surface area is 219 Å². The van der Waals surface area contributed by atoms with Crippen molar-refractivity contribution in [3.8, 4) is 22.8 Å². The van der Waals surface area contributed by atoms with Crippen molar-refractivity contribution in [1.29, 1.82) is 0 Å². The molecule has 0 amide bonds. The minimum Gasteiger partial charge on any atom is -0.494 e. The third kappa shape index (κ3) is 7.43. The molecule has 2 aromatic carbocycles. The highest BCUT2D eigenvalue weighted by molar-refractivity contribution is 5.91. The number of pyridine rings is 1. The van der Waals surface area contributed by atoms with Crippen molar-refractivity contribution in [1.82, 2.24) is 14.3 Å². The first-order valence-electron chi connectivity index (χ1n) is 13.4. The van der Waals surface area contributed by atoms with Gasteiger partial charge in [0.05, 0.1) is 17.9 Å². The summed E-state index contributed by atoms with van der Waals surface area (Å²) in [5.41, 5.74) is 2.87. The number of ether oxygens (including phenoxy) is 2. The molecule has 0 atom stereocenters. The maximum atomic E-state index is 12.5. The van der Waals surface area contributed by atoms with E-state index < -0.39 is 5.97 Å². The zero-order valence-electron chi connectivity index (χ0n) is 21.9. The quantitative estimate of drug-likeness (QED) is 0.140. The summed E-state index contributed by atoms with van der Waals surface area (Å²) in [5.74, 6) is 0.881. The van der Waals surface area contributed by atoms with E-state index in [1.807, 2.05) is 65.3 Å². The molecule has 0 aliphatic heterocycles. The Balaban J connectivity index is 1.35. The molecule has 4 aromatic rings. The highest BCUT2D eigenvalue weighted by atomic mass is 16.5. The number of benzene rings is 2. The third-order valence-corrected chi connectivity index (χ3v) is 6.35. The Hall–Kier alpha value is -3.64. The second kappa shape index (κ2) is 13.6. The fraction of sp³-hybridized carbons (Fsp3) is 0.355. The second-order valence-corrected chi connectivity index (χ2v) is 9.26. The Morgan fingerprint density at radius 3 is 2.27 bits per heavy atom. The third-order valence-electron chi connectivity index (χ3n) is 6.35. The topological polar surface area (TPSA) is 56.1 Å². The van der Waals surface area contributed by atoms with Crippen LogP contribution in [0.1, 0.15) is 56.3 Å². The normalized spacial score (nSPS) is 11.2. The molecule has 37 heavy (non-hydrogen) atoms. The van der Waals surface area contributed by atoms with E-state index in [2.05, 4.69) is 18.7 Å². The van der Waals surface area contributed by atoms with Gasteiger partial charge in [-0.05, 0) is 80.9 Å². The van der Waals surface area contributed by atoms with Gasteiger partial charge in [-0.2, -0.15) is 0 Å². The van der Waals surface area contributed by atoms with Crippen molar-refractivity contribution in [2.24, 2.45) is 0 Å². The van der Waals surface area contributed by atoms with Crippen LogP contribution < -0.4 is 9.47 Å². The Bertz CT molecular complexity index is 1240. The molecule has 0 saturated carbocycles. The number of fused-ring (bicyclic) bond motifs is 1. The molecule has 0 bridgehead atoms. The summed E-state index contributed by atoms with van der Waals surface area (Å²) in [7, 11) is 0. The zero-order valence-corrected chi connectivity index (χ0v) is 21.9. The smallest absolute Gasteiger partial charge is 0.343 e. The number of rotatable bonds is 14. The van der Waals surface area contributed by atoms with E-state index in [-0.39, 0.29) is 0 Å². The number of unbranched alkanes of at least 4 members (excludes halogenated alkanes) is 2. The van der Waals surface area contributed by atoms with Crippen molar-refractivity contribution >= 4 is 11.6 Å². The summed E-state index contributed by atoms with van der Waals surface area (Å²) >= 11 is 0. The lowest BCUT2D eigenvalue weighted by atomic mass is 10.1. The van der Waals surface area contributed by atoms with Gasteiger partial charge in [-0.25, -0.2) is 9.78 Å². The minimum atomic E-state index is -0.404. The molecule has 0 spiro atoms. The molecule has 4 rings (SSSR count). The number of nitrogens with zero attached hydrogens (tertiary/aromatic N) is 3. The van der Waals surface area contributed by atoms with Crippen LogP contribution in [0, 0.1) is 0 Å². The number of imidazole rings is 1. The molecule has 2 heterocycles. The summed E-state index contributed by atoms with van der Waals surface area (Å²) in [5, 5.41) is 0. The summed E-state index contributed by atoms with van der Waals surface area (Å²) in [6.45, 7) is 8.64. The van der Waals surface area contributed by atoms with Crippen LogP contribution in [-0.4, -0.2) is 46.5 Å². The first kappa shape index (κ1) is 26.4. The van der Waals surface area contributed by atoms with Crippen molar-refractivity contribution in [3.63, 3.8) is 0 Å². The predicted molar refractivity (Wildman–Crippen MR) is 148 cm³/mol. The molecule has 0 aliphatic carbocycles. The second-order valence-electron chi connectivity index (χ2n) is 9.26. The maximum Gasteiger partial charge on any atom is 0.343 e. The molecule has 0 fully saturated rings. The van der Waals surface area contributed by atoms with E-state index in [9.17, 15) is 4.79 Å². The van der Waals surface area contributed by atoms with Crippen LogP contribution in [-0.2, 0) is 0 Å². The highest BCUT2D eigenvalue weighted by Gasteiger charge is 2.14. The van der Waals surface area contributed by atoms with Crippen molar-refractivity contribution in [2.75, 3.05) is 26.2 Å². The first-order chi connectivity index (χ1) is 18.2. The Morgan fingerprint density at radius 2 is 1.57 bits per heavy atom. The predicted octanol–water partition coefficient (Wildman–Crippen LogP) is 6.89. The Kier molecular flexibility index (Phi) is 9.72. The van der Waals surface area contributed by atoms with E-state index >= 15 is 0 Å². The molecule has 0 radical (unpaired) electrons. The van der Waals surface area contributed by atoms with Gasteiger partial charge >= 0.3 is 5.97 Å². The van der Waals surface area contributed by atoms with E-state index in [1.54, 1.807) is 18.2 Å². The summed E-state index contributed by atoms with van der Waals surface area (Å²) in [6, 6.07) is 20.6. The molecule has 0 saturated heterocycles. The number of aromatic nitrogens is 2. The number of carbonyl (C=O) groups is 1. The Morgan fingerprint density at radius 1 is 0.865 bits per heavy atom. The number of carbonyl (C=O) groups excluding carboxylic acids is 1.